The Hall–Kier alpha value is -2.05. The van der Waals surface area contributed by atoms with E-state index in [1.165, 1.54) is 4.31 Å². The number of hydrogen-bond acceptors (Lipinski definition) is 4. The van der Waals surface area contributed by atoms with Crippen molar-refractivity contribution in [2.24, 2.45) is 0 Å². The van der Waals surface area contributed by atoms with Gasteiger partial charge in [-0.05, 0) is 68.3 Å². The fraction of sp³-hybridized carbons (Fsp3) is 0.333. The van der Waals surface area contributed by atoms with Crippen LogP contribution in [0.4, 0.5) is 0 Å². The maximum Gasteiger partial charge on any atom is 0.243 e. The summed E-state index contributed by atoms with van der Waals surface area (Å²) in [5.74, 6) is 2.06. The standard InChI is InChI=1S/C18H21NO4S/c1-2-22-15-5-7-16(8-6-15)23-17-9-11-18(12-10-17)24(20,21)19-13-3-4-14-19/h5-12H,2-4,13-14H2,1H3. The number of ether oxygens (including phenoxy) is 2. The maximum atomic E-state index is 12.5. The van der Waals surface area contributed by atoms with E-state index in [0.717, 1.165) is 18.6 Å². The Morgan fingerprint density at radius 2 is 1.38 bits per heavy atom. The predicted octanol–water partition coefficient (Wildman–Crippen LogP) is 3.66. The maximum absolute atomic E-state index is 12.5. The van der Waals surface area contributed by atoms with Gasteiger partial charge in [0.15, 0.2) is 0 Å². The summed E-state index contributed by atoms with van der Waals surface area (Å²) in [6.07, 6.45) is 1.86. The van der Waals surface area contributed by atoms with E-state index in [2.05, 4.69) is 0 Å². The molecule has 5 nitrogen and oxygen atoms in total. The summed E-state index contributed by atoms with van der Waals surface area (Å²) in [7, 11) is -3.38. The van der Waals surface area contributed by atoms with E-state index in [0.29, 0.717) is 36.1 Å². The molecule has 1 aliphatic heterocycles. The lowest BCUT2D eigenvalue weighted by Gasteiger charge is -2.15. The summed E-state index contributed by atoms with van der Waals surface area (Å²) in [5, 5.41) is 0. The van der Waals surface area contributed by atoms with E-state index in [-0.39, 0.29) is 0 Å². The van der Waals surface area contributed by atoms with E-state index >= 15 is 0 Å². The van der Waals surface area contributed by atoms with E-state index in [4.69, 9.17) is 9.47 Å². The van der Waals surface area contributed by atoms with Crippen molar-refractivity contribution in [3.63, 3.8) is 0 Å². The van der Waals surface area contributed by atoms with Gasteiger partial charge in [0.2, 0.25) is 10.0 Å². The van der Waals surface area contributed by atoms with Gasteiger partial charge in [-0.2, -0.15) is 4.31 Å². The van der Waals surface area contributed by atoms with Crippen molar-refractivity contribution in [1.82, 2.24) is 4.31 Å². The Morgan fingerprint density at radius 3 is 1.92 bits per heavy atom. The molecule has 24 heavy (non-hydrogen) atoms. The van der Waals surface area contributed by atoms with E-state index < -0.39 is 10.0 Å². The van der Waals surface area contributed by atoms with Crippen LogP contribution in [-0.4, -0.2) is 32.4 Å². The summed E-state index contributed by atoms with van der Waals surface area (Å²) in [6.45, 7) is 3.76. The highest BCUT2D eigenvalue weighted by molar-refractivity contribution is 7.89. The third kappa shape index (κ3) is 3.71. The van der Waals surface area contributed by atoms with Crippen molar-refractivity contribution in [1.29, 1.82) is 0 Å². The first-order chi connectivity index (χ1) is 11.6. The third-order valence-electron chi connectivity index (χ3n) is 3.90. The molecule has 0 unspecified atom stereocenters. The van der Waals surface area contributed by atoms with Gasteiger partial charge in [-0.15, -0.1) is 0 Å². The van der Waals surface area contributed by atoms with Gasteiger partial charge < -0.3 is 9.47 Å². The predicted molar refractivity (Wildman–Crippen MR) is 92.1 cm³/mol. The summed E-state index contributed by atoms with van der Waals surface area (Å²) in [6, 6.07) is 13.9. The molecule has 1 aliphatic rings. The van der Waals surface area contributed by atoms with Crippen LogP contribution in [0.1, 0.15) is 19.8 Å². The molecule has 2 aromatic carbocycles. The van der Waals surface area contributed by atoms with Crippen LogP contribution < -0.4 is 9.47 Å². The molecule has 2 aromatic rings. The minimum atomic E-state index is -3.38. The molecule has 0 atom stereocenters. The molecular formula is C18H21NO4S. The van der Waals surface area contributed by atoms with Gasteiger partial charge in [0.25, 0.3) is 0 Å². The largest absolute Gasteiger partial charge is 0.494 e. The Bertz CT molecular complexity index is 764. The van der Waals surface area contributed by atoms with Crippen LogP contribution in [0.3, 0.4) is 0 Å². The molecule has 0 N–H and O–H groups in total. The zero-order chi connectivity index (χ0) is 17.0. The minimum Gasteiger partial charge on any atom is -0.494 e. The Balaban J connectivity index is 1.70. The van der Waals surface area contributed by atoms with Crippen molar-refractivity contribution in [3.05, 3.63) is 48.5 Å². The lowest BCUT2D eigenvalue weighted by molar-refractivity contribution is 0.339. The lowest BCUT2D eigenvalue weighted by atomic mass is 10.3. The molecule has 1 fully saturated rings. The van der Waals surface area contributed by atoms with Crippen LogP contribution in [0.2, 0.25) is 0 Å². The van der Waals surface area contributed by atoms with E-state index in [1.54, 1.807) is 24.3 Å². The highest BCUT2D eigenvalue weighted by atomic mass is 32.2. The molecule has 3 rings (SSSR count). The van der Waals surface area contributed by atoms with Crippen molar-refractivity contribution in [2.75, 3.05) is 19.7 Å². The fourth-order valence-corrected chi connectivity index (χ4v) is 4.18. The molecule has 128 valence electrons. The van der Waals surface area contributed by atoms with Gasteiger partial charge in [0.05, 0.1) is 11.5 Å². The highest BCUT2D eigenvalue weighted by Crippen LogP contribution is 2.26. The van der Waals surface area contributed by atoms with Gasteiger partial charge in [-0.25, -0.2) is 8.42 Å². The molecule has 0 spiro atoms. The molecule has 1 heterocycles. The average molecular weight is 347 g/mol. The molecule has 0 aliphatic carbocycles. The number of sulfonamides is 1. The van der Waals surface area contributed by atoms with E-state index in [9.17, 15) is 8.42 Å². The topological polar surface area (TPSA) is 55.8 Å². The second-order valence-electron chi connectivity index (χ2n) is 5.59. The van der Waals surface area contributed by atoms with Gasteiger partial charge in [0.1, 0.15) is 17.2 Å². The monoisotopic (exact) mass is 347 g/mol. The molecule has 1 saturated heterocycles. The highest BCUT2D eigenvalue weighted by Gasteiger charge is 2.26. The van der Waals surface area contributed by atoms with Crippen LogP contribution in [0.25, 0.3) is 0 Å². The summed E-state index contributed by atoms with van der Waals surface area (Å²) in [4.78, 5) is 0.309. The molecular weight excluding hydrogens is 326 g/mol. The van der Waals surface area contributed by atoms with Crippen LogP contribution >= 0.6 is 0 Å². The number of nitrogens with zero attached hydrogens (tertiary/aromatic N) is 1. The Morgan fingerprint density at radius 1 is 0.875 bits per heavy atom. The quantitative estimate of drug-likeness (QED) is 0.800. The molecule has 0 bridgehead atoms. The van der Waals surface area contributed by atoms with E-state index in [1.807, 2.05) is 31.2 Å². The smallest absolute Gasteiger partial charge is 0.243 e. The molecule has 0 saturated carbocycles. The summed E-state index contributed by atoms with van der Waals surface area (Å²) >= 11 is 0. The SMILES string of the molecule is CCOc1ccc(Oc2ccc(S(=O)(=O)N3CCCC3)cc2)cc1. The van der Waals surface area contributed by atoms with Crippen molar-refractivity contribution < 1.29 is 17.9 Å². The first-order valence-electron chi connectivity index (χ1n) is 8.10. The van der Waals surface area contributed by atoms with Crippen molar-refractivity contribution >= 4 is 10.0 Å². The van der Waals surface area contributed by atoms with Crippen LogP contribution in [0, 0.1) is 0 Å². The molecule has 0 aromatic heterocycles. The zero-order valence-corrected chi connectivity index (χ0v) is 14.5. The van der Waals surface area contributed by atoms with Crippen molar-refractivity contribution in [2.45, 2.75) is 24.7 Å². The molecule has 6 heteroatoms. The van der Waals surface area contributed by atoms with Gasteiger partial charge in [-0.3, -0.25) is 0 Å². The van der Waals surface area contributed by atoms with Gasteiger partial charge in [0, 0.05) is 13.1 Å². The second kappa shape index (κ2) is 7.23. The molecule has 0 radical (unpaired) electrons. The minimum absolute atomic E-state index is 0.309. The van der Waals surface area contributed by atoms with Crippen LogP contribution in [0.5, 0.6) is 17.2 Å². The third-order valence-corrected chi connectivity index (χ3v) is 5.81. The number of benzene rings is 2. The van der Waals surface area contributed by atoms with Crippen LogP contribution in [-0.2, 0) is 10.0 Å². The zero-order valence-electron chi connectivity index (χ0n) is 13.6. The molecule has 0 amide bonds. The second-order valence-corrected chi connectivity index (χ2v) is 7.53. The van der Waals surface area contributed by atoms with Crippen molar-refractivity contribution in [3.8, 4) is 17.2 Å². The first kappa shape index (κ1) is 16.8. The lowest BCUT2D eigenvalue weighted by Crippen LogP contribution is -2.27. The van der Waals surface area contributed by atoms with Gasteiger partial charge >= 0.3 is 0 Å². The first-order valence-corrected chi connectivity index (χ1v) is 9.54. The Kier molecular flexibility index (Phi) is 5.06. The summed E-state index contributed by atoms with van der Waals surface area (Å²) in [5.41, 5.74) is 0. The fourth-order valence-electron chi connectivity index (χ4n) is 2.66. The summed E-state index contributed by atoms with van der Waals surface area (Å²) < 4.78 is 37.6. The average Bonchev–Trinajstić information content (AvgIpc) is 3.13. The van der Waals surface area contributed by atoms with Gasteiger partial charge in [-0.1, -0.05) is 0 Å². The number of hydrogen-bond donors (Lipinski definition) is 0. The van der Waals surface area contributed by atoms with Crippen LogP contribution in [0.15, 0.2) is 53.4 Å². The number of rotatable bonds is 6. The normalized spacial score (nSPS) is 15.4. The Labute approximate surface area is 142 Å².